The third-order valence-corrected chi connectivity index (χ3v) is 3.96. The molecule has 0 radical (unpaired) electrons. The zero-order valence-corrected chi connectivity index (χ0v) is 14.3. The van der Waals surface area contributed by atoms with E-state index in [9.17, 15) is 9.59 Å². The van der Waals surface area contributed by atoms with Gasteiger partial charge in [0.25, 0.3) is 11.8 Å². The number of hydrogen-bond donors (Lipinski definition) is 1. The molecule has 1 fully saturated rings. The lowest BCUT2D eigenvalue weighted by Gasteiger charge is -2.14. The monoisotopic (exact) mass is 358 g/mol. The number of methoxy groups -OCH3 is 2. The Morgan fingerprint density at radius 3 is 2.40 bits per heavy atom. The van der Waals surface area contributed by atoms with Gasteiger partial charge in [-0.2, -0.15) is 0 Å². The number of benzene rings is 2. The molecule has 1 N–H and O–H groups in total. The molecule has 2 amide bonds. The Morgan fingerprint density at radius 1 is 1.04 bits per heavy atom. The van der Waals surface area contributed by atoms with Crippen molar-refractivity contribution in [1.29, 1.82) is 0 Å². The van der Waals surface area contributed by atoms with Crippen molar-refractivity contribution in [3.8, 4) is 11.5 Å². The molecule has 25 heavy (non-hydrogen) atoms. The van der Waals surface area contributed by atoms with Crippen LogP contribution in [0.15, 0.2) is 48.0 Å². The average Bonchev–Trinajstić information content (AvgIpc) is 2.90. The topological polar surface area (TPSA) is 67.9 Å². The number of rotatable bonds is 4. The first kappa shape index (κ1) is 16.9. The van der Waals surface area contributed by atoms with Crippen LogP contribution in [0.3, 0.4) is 0 Å². The third kappa shape index (κ3) is 3.29. The van der Waals surface area contributed by atoms with E-state index in [0.717, 1.165) is 0 Å². The molecular formula is C18H15ClN2O4. The summed E-state index contributed by atoms with van der Waals surface area (Å²) in [5.74, 6) is 0.161. The molecule has 1 aliphatic heterocycles. The maximum atomic E-state index is 12.6. The summed E-state index contributed by atoms with van der Waals surface area (Å²) in [7, 11) is 3.05. The predicted octanol–water partition coefficient (Wildman–Crippen LogP) is 2.82. The molecule has 0 spiro atoms. The fourth-order valence-corrected chi connectivity index (χ4v) is 2.56. The Kier molecular flexibility index (Phi) is 4.63. The highest BCUT2D eigenvalue weighted by Crippen LogP contribution is 2.28. The lowest BCUT2D eigenvalue weighted by atomic mass is 10.1. The molecular weight excluding hydrogens is 344 g/mol. The number of carbonyl (C=O) groups excluding carboxylic acids is 2. The minimum atomic E-state index is -0.496. The van der Waals surface area contributed by atoms with Crippen LogP contribution in [0.5, 0.6) is 11.5 Å². The van der Waals surface area contributed by atoms with Gasteiger partial charge >= 0.3 is 0 Å². The Balaban J connectivity index is 1.97. The van der Waals surface area contributed by atoms with Crippen molar-refractivity contribution in [2.75, 3.05) is 19.2 Å². The summed E-state index contributed by atoms with van der Waals surface area (Å²) in [4.78, 5) is 24.9. The first-order valence-electron chi connectivity index (χ1n) is 7.38. The fraction of sp³-hybridized carbons (Fsp3) is 0.111. The van der Waals surface area contributed by atoms with Gasteiger partial charge in [0, 0.05) is 10.6 Å². The van der Waals surface area contributed by atoms with Crippen molar-refractivity contribution in [3.63, 3.8) is 0 Å². The van der Waals surface area contributed by atoms with Gasteiger partial charge in [0.1, 0.15) is 17.1 Å². The minimum absolute atomic E-state index is 0.00139. The van der Waals surface area contributed by atoms with Crippen LogP contribution in [-0.4, -0.2) is 26.0 Å². The summed E-state index contributed by atoms with van der Waals surface area (Å²) >= 11 is 5.85. The molecule has 2 aromatic rings. The summed E-state index contributed by atoms with van der Waals surface area (Å²) in [6.07, 6.45) is 1.48. The minimum Gasteiger partial charge on any atom is -0.497 e. The molecule has 1 heterocycles. The smallest absolute Gasteiger partial charge is 0.282 e. The number of hydrazine groups is 1. The Hall–Kier alpha value is -2.99. The van der Waals surface area contributed by atoms with E-state index in [1.165, 1.54) is 25.3 Å². The zero-order valence-electron chi connectivity index (χ0n) is 13.6. The van der Waals surface area contributed by atoms with Crippen molar-refractivity contribution in [2.45, 2.75) is 0 Å². The van der Waals surface area contributed by atoms with Gasteiger partial charge in [0.15, 0.2) is 0 Å². The van der Waals surface area contributed by atoms with Crippen LogP contribution in [-0.2, 0) is 9.59 Å². The first-order valence-corrected chi connectivity index (χ1v) is 7.76. The number of amides is 2. The van der Waals surface area contributed by atoms with Gasteiger partial charge < -0.3 is 9.47 Å². The van der Waals surface area contributed by atoms with Crippen LogP contribution >= 0.6 is 11.6 Å². The zero-order chi connectivity index (χ0) is 18.0. The Bertz CT molecular complexity index is 862. The Morgan fingerprint density at radius 2 is 1.76 bits per heavy atom. The number of nitrogens with zero attached hydrogens (tertiary/aromatic N) is 1. The van der Waals surface area contributed by atoms with E-state index in [-0.39, 0.29) is 5.57 Å². The van der Waals surface area contributed by atoms with Crippen LogP contribution in [0.2, 0.25) is 5.02 Å². The quantitative estimate of drug-likeness (QED) is 0.674. The molecule has 6 nitrogen and oxygen atoms in total. The second kappa shape index (κ2) is 6.86. The molecule has 0 unspecified atom stereocenters. The highest BCUT2D eigenvalue weighted by atomic mass is 35.5. The number of anilines is 1. The third-order valence-electron chi connectivity index (χ3n) is 3.71. The van der Waals surface area contributed by atoms with Crippen LogP contribution < -0.4 is 19.9 Å². The van der Waals surface area contributed by atoms with Gasteiger partial charge in [-0.1, -0.05) is 11.6 Å². The molecule has 2 aromatic carbocycles. The summed E-state index contributed by atoms with van der Waals surface area (Å²) in [6.45, 7) is 0. The number of nitrogens with one attached hydrogen (secondary N) is 1. The van der Waals surface area contributed by atoms with E-state index < -0.39 is 11.8 Å². The van der Waals surface area contributed by atoms with Crippen molar-refractivity contribution in [2.24, 2.45) is 0 Å². The van der Waals surface area contributed by atoms with Crippen molar-refractivity contribution < 1.29 is 19.1 Å². The molecule has 0 bridgehead atoms. The molecule has 0 aromatic heterocycles. The van der Waals surface area contributed by atoms with Crippen molar-refractivity contribution in [1.82, 2.24) is 5.43 Å². The summed E-state index contributed by atoms with van der Waals surface area (Å²) in [5, 5.41) is 1.72. The Labute approximate surface area is 149 Å². The molecule has 128 valence electrons. The van der Waals surface area contributed by atoms with Crippen LogP contribution in [0, 0.1) is 0 Å². The van der Waals surface area contributed by atoms with E-state index in [2.05, 4.69) is 5.43 Å². The van der Waals surface area contributed by atoms with Gasteiger partial charge in [-0.15, -0.1) is 0 Å². The normalized spacial score (nSPS) is 15.5. The number of ether oxygens (including phenoxy) is 2. The van der Waals surface area contributed by atoms with Crippen LogP contribution in [0.1, 0.15) is 5.56 Å². The molecule has 0 aliphatic carbocycles. The van der Waals surface area contributed by atoms with E-state index in [0.29, 0.717) is 27.8 Å². The van der Waals surface area contributed by atoms with Gasteiger partial charge in [-0.25, -0.2) is 5.01 Å². The van der Waals surface area contributed by atoms with Gasteiger partial charge in [0.2, 0.25) is 0 Å². The molecule has 3 rings (SSSR count). The highest BCUT2D eigenvalue weighted by molar-refractivity contribution is 6.32. The lowest BCUT2D eigenvalue weighted by Crippen LogP contribution is -2.35. The maximum Gasteiger partial charge on any atom is 0.282 e. The first-order chi connectivity index (χ1) is 12.0. The largest absolute Gasteiger partial charge is 0.497 e. The van der Waals surface area contributed by atoms with E-state index in [4.69, 9.17) is 21.1 Å². The second-order valence-corrected chi connectivity index (χ2v) is 5.66. The summed E-state index contributed by atoms with van der Waals surface area (Å²) < 4.78 is 10.5. The maximum absolute atomic E-state index is 12.6. The molecule has 7 heteroatoms. The van der Waals surface area contributed by atoms with E-state index in [1.807, 2.05) is 0 Å². The molecule has 1 saturated heterocycles. The van der Waals surface area contributed by atoms with Crippen LogP contribution in [0.25, 0.3) is 6.08 Å². The highest BCUT2D eigenvalue weighted by Gasteiger charge is 2.34. The lowest BCUT2D eigenvalue weighted by molar-refractivity contribution is -0.117. The van der Waals surface area contributed by atoms with E-state index >= 15 is 0 Å². The number of halogens is 1. The predicted molar refractivity (Wildman–Crippen MR) is 94.6 cm³/mol. The standard InChI is InChI=1S/C18H15ClN2O4/c1-24-14-7-8-16(25-2)11(9-14)10-15-17(22)20-21(18(15)23)13-5-3-12(19)4-6-13/h3-10H,1-2H3,(H,20,22). The summed E-state index contributed by atoms with van der Waals surface area (Å²) in [6, 6.07) is 11.7. The number of hydrogen-bond acceptors (Lipinski definition) is 4. The average molecular weight is 359 g/mol. The van der Waals surface area contributed by atoms with Crippen molar-refractivity contribution >= 4 is 35.2 Å². The van der Waals surface area contributed by atoms with Crippen LogP contribution in [0.4, 0.5) is 5.69 Å². The van der Waals surface area contributed by atoms with Crippen molar-refractivity contribution in [3.05, 3.63) is 58.6 Å². The SMILES string of the molecule is COc1ccc(OC)c(C=C2C(=O)NN(c3ccc(Cl)cc3)C2=O)c1. The van der Waals surface area contributed by atoms with Gasteiger partial charge in [-0.05, 0) is 48.5 Å². The second-order valence-electron chi connectivity index (χ2n) is 5.22. The van der Waals surface area contributed by atoms with Gasteiger partial charge in [0.05, 0.1) is 19.9 Å². The molecule has 0 atom stereocenters. The number of carbonyl (C=O) groups is 2. The van der Waals surface area contributed by atoms with E-state index in [1.54, 1.807) is 42.5 Å². The molecule has 1 aliphatic rings. The molecule has 0 saturated carbocycles. The summed E-state index contributed by atoms with van der Waals surface area (Å²) in [5.41, 5.74) is 3.62. The fourth-order valence-electron chi connectivity index (χ4n) is 2.44. The van der Waals surface area contributed by atoms with Gasteiger partial charge in [-0.3, -0.25) is 15.0 Å².